The highest BCUT2D eigenvalue weighted by Gasteiger charge is 2.09. The van der Waals surface area contributed by atoms with Crippen LogP contribution < -0.4 is 10.6 Å². The molecule has 0 atom stereocenters. The highest BCUT2D eigenvalue weighted by molar-refractivity contribution is 5.94. The summed E-state index contributed by atoms with van der Waals surface area (Å²) >= 11 is 0. The first kappa shape index (κ1) is 14.5. The fourth-order valence-electron chi connectivity index (χ4n) is 1.79. The smallest absolute Gasteiger partial charge is 0.337 e. The zero-order chi connectivity index (χ0) is 15.1. The summed E-state index contributed by atoms with van der Waals surface area (Å²) in [7, 11) is 0. The van der Waals surface area contributed by atoms with Gasteiger partial charge in [-0.15, -0.1) is 0 Å². The van der Waals surface area contributed by atoms with Crippen molar-refractivity contribution >= 4 is 17.6 Å². The van der Waals surface area contributed by atoms with Crippen LogP contribution in [0.4, 0.5) is 5.69 Å². The van der Waals surface area contributed by atoms with Crippen molar-refractivity contribution in [1.82, 2.24) is 10.3 Å². The number of pyridine rings is 1. The molecule has 0 radical (unpaired) electrons. The van der Waals surface area contributed by atoms with Crippen molar-refractivity contribution in [2.45, 2.75) is 0 Å². The van der Waals surface area contributed by atoms with Crippen molar-refractivity contribution < 1.29 is 14.7 Å². The number of benzene rings is 1. The van der Waals surface area contributed by atoms with E-state index in [2.05, 4.69) is 15.6 Å². The van der Waals surface area contributed by atoms with Crippen LogP contribution in [-0.2, 0) is 0 Å². The van der Waals surface area contributed by atoms with Crippen molar-refractivity contribution in [2.24, 2.45) is 0 Å². The minimum Gasteiger partial charge on any atom is -0.478 e. The first-order chi connectivity index (χ1) is 10.2. The number of carboxylic acid groups (broad SMARTS) is 1. The SMILES string of the molecule is O=C(NCCNc1cnccc1C(=O)O)c1ccccc1. The second-order valence-corrected chi connectivity index (χ2v) is 4.28. The molecule has 0 saturated carbocycles. The fourth-order valence-corrected chi connectivity index (χ4v) is 1.79. The van der Waals surface area contributed by atoms with Crippen LogP contribution in [0.15, 0.2) is 48.8 Å². The van der Waals surface area contributed by atoms with Gasteiger partial charge in [-0.1, -0.05) is 18.2 Å². The van der Waals surface area contributed by atoms with Crippen LogP contribution in [0.3, 0.4) is 0 Å². The zero-order valence-electron chi connectivity index (χ0n) is 11.2. The third-order valence-electron chi connectivity index (χ3n) is 2.81. The molecule has 0 fully saturated rings. The van der Waals surface area contributed by atoms with E-state index in [0.29, 0.717) is 24.3 Å². The topological polar surface area (TPSA) is 91.3 Å². The third-order valence-corrected chi connectivity index (χ3v) is 2.81. The summed E-state index contributed by atoms with van der Waals surface area (Å²) in [6, 6.07) is 10.3. The molecule has 3 N–H and O–H groups in total. The van der Waals surface area contributed by atoms with Crippen molar-refractivity contribution in [3.8, 4) is 0 Å². The van der Waals surface area contributed by atoms with Crippen LogP contribution >= 0.6 is 0 Å². The van der Waals surface area contributed by atoms with Crippen LogP contribution in [0.25, 0.3) is 0 Å². The normalized spacial score (nSPS) is 9.90. The first-order valence-corrected chi connectivity index (χ1v) is 6.43. The van der Waals surface area contributed by atoms with Crippen LogP contribution in [0.2, 0.25) is 0 Å². The second kappa shape index (κ2) is 7.04. The number of nitrogens with one attached hydrogen (secondary N) is 2. The number of anilines is 1. The Labute approximate surface area is 121 Å². The van der Waals surface area contributed by atoms with Crippen LogP contribution in [0.1, 0.15) is 20.7 Å². The van der Waals surface area contributed by atoms with Crippen molar-refractivity contribution in [3.63, 3.8) is 0 Å². The van der Waals surface area contributed by atoms with Gasteiger partial charge in [-0.3, -0.25) is 9.78 Å². The number of aromatic carboxylic acids is 1. The number of carboxylic acids is 1. The maximum Gasteiger partial charge on any atom is 0.337 e. The molecule has 1 aromatic carbocycles. The van der Waals surface area contributed by atoms with Gasteiger partial charge in [-0.2, -0.15) is 0 Å². The molecular formula is C15H15N3O3. The van der Waals surface area contributed by atoms with Gasteiger partial charge in [0.1, 0.15) is 0 Å². The van der Waals surface area contributed by atoms with Crippen molar-refractivity contribution in [3.05, 3.63) is 59.9 Å². The summed E-state index contributed by atoms with van der Waals surface area (Å²) in [5, 5.41) is 14.7. The number of nitrogens with zero attached hydrogens (tertiary/aromatic N) is 1. The monoisotopic (exact) mass is 285 g/mol. The van der Waals surface area contributed by atoms with Gasteiger partial charge in [-0.25, -0.2) is 4.79 Å². The number of hydrogen-bond acceptors (Lipinski definition) is 4. The summed E-state index contributed by atoms with van der Waals surface area (Å²) < 4.78 is 0. The number of hydrogen-bond donors (Lipinski definition) is 3. The Morgan fingerprint density at radius 2 is 1.86 bits per heavy atom. The standard InChI is InChI=1S/C15H15N3O3/c19-14(11-4-2-1-3-5-11)18-9-8-17-13-10-16-7-6-12(13)15(20)21/h1-7,10,17H,8-9H2,(H,18,19)(H,20,21). The van der Waals surface area contributed by atoms with E-state index in [0.717, 1.165) is 0 Å². The lowest BCUT2D eigenvalue weighted by atomic mass is 10.2. The van der Waals surface area contributed by atoms with Gasteiger partial charge >= 0.3 is 5.97 Å². The molecule has 1 amide bonds. The first-order valence-electron chi connectivity index (χ1n) is 6.43. The molecule has 0 unspecified atom stereocenters. The van der Waals surface area contributed by atoms with E-state index in [1.807, 2.05) is 6.07 Å². The number of amides is 1. The lowest BCUT2D eigenvalue weighted by Crippen LogP contribution is -2.29. The van der Waals surface area contributed by atoms with E-state index in [-0.39, 0.29) is 11.5 Å². The number of carbonyl (C=O) groups excluding carboxylic acids is 1. The molecule has 1 aromatic heterocycles. The fraction of sp³-hybridized carbons (Fsp3) is 0.133. The Bertz CT molecular complexity index is 629. The van der Waals surface area contributed by atoms with Crippen molar-refractivity contribution in [2.75, 3.05) is 18.4 Å². The average Bonchev–Trinajstić information content (AvgIpc) is 2.52. The van der Waals surface area contributed by atoms with E-state index in [1.54, 1.807) is 24.3 Å². The summed E-state index contributed by atoms with van der Waals surface area (Å²) in [6.45, 7) is 0.784. The number of aromatic nitrogens is 1. The van der Waals surface area contributed by atoms with Gasteiger partial charge in [-0.05, 0) is 18.2 Å². The maximum atomic E-state index is 11.8. The minimum absolute atomic E-state index is 0.152. The molecule has 0 saturated heterocycles. The largest absolute Gasteiger partial charge is 0.478 e. The minimum atomic E-state index is -1.02. The van der Waals surface area contributed by atoms with E-state index in [1.165, 1.54) is 18.5 Å². The number of carbonyl (C=O) groups is 2. The highest BCUT2D eigenvalue weighted by Crippen LogP contribution is 2.12. The predicted octanol–water partition coefficient (Wildman–Crippen LogP) is 1.62. The van der Waals surface area contributed by atoms with Gasteiger partial charge in [0.05, 0.1) is 17.4 Å². The average molecular weight is 285 g/mol. The summed E-state index contributed by atoms with van der Waals surface area (Å²) in [5.74, 6) is -1.18. The molecule has 2 rings (SSSR count). The lowest BCUT2D eigenvalue weighted by Gasteiger charge is -2.09. The molecule has 0 aliphatic rings. The Balaban J connectivity index is 1.83. The molecule has 6 nitrogen and oxygen atoms in total. The van der Waals surface area contributed by atoms with Gasteiger partial charge in [0.2, 0.25) is 0 Å². The van der Waals surface area contributed by atoms with Crippen molar-refractivity contribution in [1.29, 1.82) is 0 Å². The molecule has 108 valence electrons. The lowest BCUT2D eigenvalue weighted by molar-refractivity contribution is 0.0697. The van der Waals surface area contributed by atoms with Gasteiger partial charge in [0, 0.05) is 24.8 Å². The van der Waals surface area contributed by atoms with Crippen LogP contribution in [0.5, 0.6) is 0 Å². The molecule has 0 bridgehead atoms. The van der Waals surface area contributed by atoms with E-state index in [9.17, 15) is 9.59 Å². The Kier molecular flexibility index (Phi) is 4.87. The third kappa shape index (κ3) is 4.04. The summed E-state index contributed by atoms with van der Waals surface area (Å²) in [6.07, 6.45) is 2.87. The molecule has 0 aliphatic heterocycles. The van der Waals surface area contributed by atoms with E-state index in [4.69, 9.17) is 5.11 Å². The van der Waals surface area contributed by atoms with E-state index < -0.39 is 5.97 Å². The van der Waals surface area contributed by atoms with Crippen LogP contribution in [0, 0.1) is 0 Å². The Hall–Kier alpha value is -2.89. The summed E-state index contributed by atoms with van der Waals surface area (Å²) in [5.41, 5.74) is 1.17. The molecule has 2 aromatic rings. The molecule has 0 spiro atoms. The second-order valence-electron chi connectivity index (χ2n) is 4.28. The molecule has 1 heterocycles. The molecule has 21 heavy (non-hydrogen) atoms. The Morgan fingerprint density at radius 1 is 1.10 bits per heavy atom. The van der Waals surface area contributed by atoms with E-state index >= 15 is 0 Å². The maximum absolute atomic E-state index is 11.8. The van der Waals surface area contributed by atoms with Crippen LogP contribution in [-0.4, -0.2) is 35.1 Å². The molecule has 6 heteroatoms. The highest BCUT2D eigenvalue weighted by atomic mass is 16.4. The summed E-state index contributed by atoms with van der Waals surface area (Å²) in [4.78, 5) is 26.7. The molecular weight excluding hydrogens is 270 g/mol. The number of rotatable bonds is 6. The quantitative estimate of drug-likeness (QED) is 0.702. The Morgan fingerprint density at radius 3 is 2.57 bits per heavy atom. The predicted molar refractivity (Wildman–Crippen MR) is 78.5 cm³/mol. The van der Waals surface area contributed by atoms with Gasteiger partial charge in [0.25, 0.3) is 5.91 Å². The van der Waals surface area contributed by atoms with Gasteiger partial charge < -0.3 is 15.7 Å². The zero-order valence-corrected chi connectivity index (χ0v) is 11.2. The molecule has 0 aliphatic carbocycles. The van der Waals surface area contributed by atoms with Gasteiger partial charge in [0.15, 0.2) is 0 Å².